The molecule has 4 nitrogen and oxygen atoms in total. The Kier molecular flexibility index (Phi) is 3.27. The summed E-state index contributed by atoms with van der Waals surface area (Å²) in [5.41, 5.74) is 1.30. The van der Waals surface area contributed by atoms with Gasteiger partial charge in [0.05, 0.1) is 4.92 Å². The molecule has 0 aliphatic heterocycles. The topological polar surface area (TPSA) is 55.2 Å². The third kappa shape index (κ3) is 2.50. The monoisotopic (exact) mass is 260 g/mol. The summed E-state index contributed by atoms with van der Waals surface area (Å²) in [5, 5.41) is 14.3. The van der Waals surface area contributed by atoms with Crippen LogP contribution >= 0.6 is 0 Å². The lowest BCUT2D eigenvalue weighted by Crippen LogP contribution is -2.35. The zero-order chi connectivity index (χ0) is 13.4. The maximum Gasteiger partial charge on any atom is 0.269 e. The molecule has 2 aliphatic carbocycles. The second-order valence-electron chi connectivity index (χ2n) is 6.02. The van der Waals surface area contributed by atoms with Crippen molar-refractivity contribution in [3.8, 4) is 0 Å². The van der Waals surface area contributed by atoms with Crippen LogP contribution in [0.25, 0.3) is 0 Å². The van der Waals surface area contributed by atoms with Crippen molar-refractivity contribution in [1.82, 2.24) is 5.32 Å². The van der Waals surface area contributed by atoms with Crippen LogP contribution in [0.3, 0.4) is 0 Å². The number of nitro groups is 1. The molecule has 0 amide bonds. The van der Waals surface area contributed by atoms with Crippen molar-refractivity contribution in [2.45, 2.75) is 44.7 Å². The third-order valence-electron chi connectivity index (χ3n) is 4.81. The summed E-state index contributed by atoms with van der Waals surface area (Å²) in [6, 6.07) is 7.82. The molecule has 1 N–H and O–H groups in total. The predicted octanol–water partition coefficient (Wildman–Crippen LogP) is 3.43. The molecular formula is C15H20N2O2. The molecule has 2 saturated carbocycles. The maximum atomic E-state index is 10.6. The van der Waals surface area contributed by atoms with E-state index in [4.69, 9.17) is 0 Å². The molecule has 4 atom stereocenters. The highest BCUT2D eigenvalue weighted by Crippen LogP contribution is 2.45. The standard InChI is InChI=1S/C15H20N2O2/c1-10(12-4-6-14(7-5-12)17(18)19)16-15-9-11-2-3-13(15)8-11/h4-7,10-11,13,15-16H,2-3,8-9H2,1H3. The van der Waals surface area contributed by atoms with Gasteiger partial charge in [-0.15, -0.1) is 0 Å². The molecule has 0 radical (unpaired) electrons. The van der Waals surface area contributed by atoms with Crippen molar-refractivity contribution in [3.05, 3.63) is 39.9 Å². The number of hydrogen-bond acceptors (Lipinski definition) is 3. The molecule has 2 aliphatic rings. The second-order valence-corrected chi connectivity index (χ2v) is 6.02. The molecule has 3 rings (SSSR count). The number of fused-ring (bicyclic) bond motifs is 2. The molecule has 19 heavy (non-hydrogen) atoms. The quantitative estimate of drug-likeness (QED) is 0.666. The number of benzene rings is 1. The van der Waals surface area contributed by atoms with Crippen LogP contribution in [-0.2, 0) is 0 Å². The van der Waals surface area contributed by atoms with Crippen LogP contribution in [0, 0.1) is 22.0 Å². The Balaban J connectivity index is 1.63. The molecule has 1 aromatic carbocycles. The van der Waals surface area contributed by atoms with E-state index in [-0.39, 0.29) is 16.7 Å². The average molecular weight is 260 g/mol. The number of rotatable bonds is 4. The SMILES string of the molecule is CC(NC1CC2CCC1C2)c1ccc([N+](=O)[O-])cc1. The summed E-state index contributed by atoms with van der Waals surface area (Å²) in [4.78, 5) is 10.3. The Morgan fingerprint density at radius 3 is 2.53 bits per heavy atom. The van der Waals surface area contributed by atoms with Gasteiger partial charge < -0.3 is 5.32 Å². The molecule has 4 heteroatoms. The molecule has 0 aromatic heterocycles. The Morgan fingerprint density at radius 1 is 1.26 bits per heavy atom. The van der Waals surface area contributed by atoms with Crippen LogP contribution in [-0.4, -0.2) is 11.0 Å². The highest BCUT2D eigenvalue weighted by atomic mass is 16.6. The predicted molar refractivity (Wildman–Crippen MR) is 73.9 cm³/mol. The summed E-state index contributed by atoms with van der Waals surface area (Å²) in [6.45, 7) is 2.15. The largest absolute Gasteiger partial charge is 0.307 e. The highest BCUT2D eigenvalue weighted by Gasteiger charge is 2.39. The van der Waals surface area contributed by atoms with E-state index >= 15 is 0 Å². The Labute approximate surface area is 113 Å². The molecule has 1 aromatic rings. The van der Waals surface area contributed by atoms with Crippen LogP contribution in [0.1, 0.15) is 44.2 Å². The fraction of sp³-hybridized carbons (Fsp3) is 0.600. The average Bonchev–Trinajstić information content (AvgIpc) is 3.01. The first-order chi connectivity index (χ1) is 9.13. The maximum absolute atomic E-state index is 10.6. The van der Waals surface area contributed by atoms with Crippen molar-refractivity contribution < 1.29 is 4.92 Å². The molecule has 4 unspecified atom stereocenters. The van der Waals surface area contributed by atoms with Crippen molar-refractivity contribution in [1.29, 1.82) is 0 Å². The second kappa shape index (κ2) is 4.93. The number of nitrogens with one attached hydrogen (secondary N) is 1. The lowest BCUT2D eigenvalue weighted by Gasteiger charge is -2.27. The summed E-state index contributed by atoms with van der Waals surface area (Å²) >= 11 is 0. The van der Waals surface area contributed by atoms with E-state index in [0.717, 1.165) is 17.4 Å². The fourth-order valence-corrected chi connectivity index (χ4v) is 3.75. The van der Waals surface area contributed by atoms with E-state index in [1.165, 1.54) is 25.7 Å². The first-order valence-electron chi connectivity index (χ1n) is 7.14. The first kappa shape index (κ1) is 12.6. The number of non-ortho nitro benzene ring substituents is 1. The highest BCUT2D eigenvalue weighted by molar-refractivity contribution is 5.34. The molecule has 2 fully saturated rings. The van der Waals surface area contributed by atoms with Crippen LogP contribution in [0.15, 0.2) is 24.3 Å². The van der Waals surface area contributed by atoms with E-state index in [9.17, 15) is 10.1 Å². The fourth-order valence-electron chi connectivity index (χ4n) is 3.75. The van der Waals surface area contributed by atoms with Crippen LogP contribution in [0.4, 0.5) is 5.69 Å². The summed E-state index contributed by atoms with van der Waals surface area (Å²) in [7, 11) is 0. The van der Waals surface area contributed by atoms with Gasteiger partial charge in [0.15, 0.2) is 0 Å². The van der Waals surface area contributed by atoms with E-state index in [2.05, 4.69) is 12.2 Å². The van der Waals surface area contributed by atoms with Crippen molar-refractivity contribution in [2.24, 2.45) is 11.8 Å². The lowest BCUT2D eigenvalue weighted by atomic mass is 9.94. The van der Waals surface area contributed by atoms with Gasteiger partial charge >= 0.3 is 0 Å². The van der Waals surface area contributed by atoms with Gasteiger partial charge in [0.1, 0.15) is 0 Å². The van der Waals surface area contributed by atoms with E-state index in [1.54, 1.807) is 12.1 Å². The Bertz CT molecular complexity index is 472. The summed E-state index contributed by atoms with van der Waals surface area (Å²) in [5.74, 6) is 1.79. The molecule has 0 saturated heterocycles. The molecule has 102 valence electrons. The normalized spacial score (nSPS) is 30.5. The Hall–Kier alpha value is -1.42. The summed E-state index contributed by atoms with van der Waals surface area (Å²) < 4.78 is 0. The van der Waals surface area contributed by atoms with Gasteiger partial charge in [-0.3, -0.25) is 10.1 Å². The zero-order valence-electron chi connectivity index (χ0n) is 11.2. The zero-order valence-corrected chi connectivity index (χ0v) is 11.2. The third-order valence-corrected chi connectivity index (χ3v) is 4.81. The van der Waals surface area contributed by atoms with Crippen LogP contribution in [0.2, 0.25) is 0 Å². The van der Waals surface area contributed by atoms with Gasteiger partial charge in [-0.1, -0.05) is 18.6 Å². The number of nitro benzene ring substituents is 1. The number of nitrogens with zero attached hydrogens (tertiary/aromatic N) is 1. The van der Waals surface area contributed by atoms with Gasteiger partial charge in [0.2, 0.25) is 0 Å². The smallest absolute Gasteiger partial charge is 0.269 e. The van der Waals surface area contributed by atoms with Crippen LogP contribution in [0.5, 0.6) is 0 Å². The first-order valence-corrected chi connectivity index (χ1v) is 7.14. The molecule has 0 spiro atoms. The summed E-state index contributed by atoms with van der Waals surface area (Å²) in [6.07, 6.45) is 5.48. The van der Waals surface area contributed by atoms with E-state index in [1.807, 2.05) is 12.1 Å². The minimum absolute atomic E-state index is 0.163. The van der Waals surface area contributed by atoms with Crippen LogP contribution < -0.4 is 5.32 Å². The van der Waals surface area contributed by atoms with Gasteiger partial charge in [-0.05, 0) is 43.6 Å². The van der Waals surface area contributed by atoms with Crippen molar-refractivity contribution in [3.63, 3.8) is 0 Å². The van der Waals surface area contributed by atoms with Crippen molar-refractivity contribution >= 4 is 5.69 Å². The van der Waals surface area contributed by atoms with Gasteiger partial charge in [-0.2, -0.15) is 0 Å². The lowest BCUT2D eigenvalue weighted by molar-refractivity contribution is -0.384. The Morgan fingerprint density at radius 2 is 2.00 bits per heavy atom. The van der Waals surface area contributed by atoms with Gasteiger partial charge in [0, 0.05) is 24.2 Å². The molecule has 0 heterocycles. The van der Waals surface area contributed by atoms with Gasteiger partial charge in [-0.25, -0.2) is 0 Å². The van der Waals surface area contributed by atoms with Gasteiger partial charge in [0.25, 0.3) is 5.69 Å². The minimum Gasteiger partial charge on any atom is -0.307 e. The minimum atomic E-state index is -0.349. The van der Waals surface area contributed by atoms with Crippen molar-refractivity contribution in [2.75, 3.05) is 0 Å². The van der Waals surface area contributed by atoms with E-state index in [0.29, 0.717) is 6.04 Å². The molecule has 2 bridgehead atoms. The number of hydrogen-bond donors (Lipinski definition) is 1. The van der Waals surface area contributed by atoms with E-state index < -0.39 is 0 Å². The molecular weight excluding hydrogens is 240 g/mol.